The Hall–Kier alpha value is -3.83. The zero-order valence-electron chi connectivity index (χ0n) is 36.4. The Kier molecular flexibility index (Phi) is 14.4. The van der Waals surface area contributed by atoms with Gasteiger partial charge in [-0.15, -0.1) is 0 Å². The van der Waals surface area contributed by atoms with E-state index in [-0.39, 0.29) is 37.3 Å². The van der Waals surface area contributed by atoms with Crippen molar-refractivity contribution in [3.05, 3.63) is 37.1 Å². The van der Waals surface area contributed by atoms with E-state index in [1.807, 2.05) is 48.8 Å². The smallest absolute Gasteiger partial charge is 0.410 e. The first-order chi connectivity index (χ1) is 27.7. The second-order valence-electron chi connectivity index (χ2n) is 17.5. The zero-order valence-corrected chi connectivity index (χ0v) is 36.4. The van der Waals surface area contributed by atoms with Crippen LogP contribution in [0.5, 0.6) is 0 Å². The number of pyridine rings is 1. The number of unbranched alkanes of at least 4 members (excludes halogenated alkanes) is 1. The SMILES string of the molecule is CC[C@H]1OC(=O)C(C)(F)C(=O)[C@H](C)[C@@H](O[C@@H]2O[C@H](C)C[C@H](N(C)C)[C@H]2O)[C@](C)(OC)C[C@@H](C)C(=O)[C@H](C)[C@@H]2N(CCCCn3cnc(-c4cccnc4)c3)C(=O)O[C@@]21C. The molecule has 0 aromatic carbocycles. The number of aromatic nitrogens is 3. The van der Waals surface area contributed by atoms with Gasteiger partial charge in [0.25, 0.3) is 5.67 Å². The van der Waals surface area contributed by atoms with E-state index >= 15 is 4.39 Å². The fraction of sp³-hybridized carbons (Fsp3) is 0.721. The number of fused-ring (bicyclic) bond motifs is 1. The first-order valence-electron chi connectivity index (χ1n) is 20.8. The Labute approximate surface area is 347 Å². The topological polar surface area (TPSA) is 172 Å². The van der Waals surface area contributed by atoms with Gasteiger partial charge >= 0.3 is 12.1 Å². The predicted molar refractivity (Wildman–Crippen MR) is 215 cm³/mol. The van der Waals surface area contributed by atoms with Gasteiger partial charge in [-0.05, 0) is 86.0 Å². The maximum absolute atomic E-state index is 16.9. The molecule has 3 fully saturated rings. The molecule has 3 saturated heterocycles. The number of cyclic esters (lactones) is 1. The van der Waals surface area contributed by atoms with Crippen LogP contribution < -0.4 is 0 Å². The number of rotatable bonds is 11. The number of likely N-dealkylation sites (N-methyl/N-ethyl adjacent to an activating group) is 1. The van der Waals surface area contributed by atoms with Crippen LogP contribution in [0.15, 0.2) is 37.1 Å². The molecular formula is C43H64FN5O10. The van der Waals surface area contributed by atoms with E-state index in [2.05, 4.69) is 9.97 Å². The van der Waals surface area contributed by atoms with E-state index in [0.29, 0.717) is 25.8 Å². The molecule has 15 nitrogen and oxygen atoms in total. The number of aryl methyl sites for hydroxylation is 1. The number of nitrogens with zero attached hydrogens (tertiary/aromatic N) is 5. The number of aliphatic hydroxyl groups is 1. The van der Waals surface area contributed by atoms with E-state index in [1.54, 1.807) is 53.3 Å². The molecule has 59 heavy (non-hydrogen) atoms. The van der Waals surface area contributed by atoms with Gasteiger partial charge in [-0.2, -0.15) is 0 Å². The lowest BCUT2D eigenvalue weighted by atomic mass is 9.73. The molecule has 328 valence electrons. The number of carbonyl (C=O) groups excluding carboxylic acids is 4. The minimum Gasteiger partial charge on any atom is -0.455 e. The number of carbonyl (C=O) groups is 4. The standard InChI is InChI=1S/C43H64FN5O10/c1-12-32-43(8)35(49(40(54)59-43)19-14-13-18-48-23-30(46-24-48)29-16-15-17-45-22-29)27(4)33(50)25(2)21-41(6,55-11)37(28(5)36(52)42(7,44)39(53)57-32)58-38-34(51)31(47(9)10)20-26(3)56-38/h15-17,22-28,31-32,34-35,37-38,51H,12-14,18-21H2,1-11H3/t25-,26-,27+,28+,31+,32-,34-,35+,37-,38+,41-,42?,43-/m1/s1. The lowest BCUT2D eigenvalue weighted by Crippen LogP contribution is -2.61. The largest absolute Gasteiger partial charge is 0.455 e. The molecule has 3 aliphatic rings. The van der Waals surface area contributed by atoms with Crippen LogP contribution in [-0.4, -0.2) is 140 Å². The Morgan fingerprint density at radius 1 is 1.05 bits per heavy atom. The Bertz CT molecular complexity index is 1790. The molecule has 2 aromatic rings. The van der Waals surface area contributed by atoms with Crippen molar-refractivity contribution in [2.45, 2.75) is 154 Å². The number of Topliss-reactive ketones (excluding diaryl/α,β-unsaturated/α-hetero) is 2. The minimum absolute atomic E-state index is 0.000728. The van der Waals surface area contributed by atoms with Crippen LogP contribution in [-0.2, 0) is 44.6 Å². The highest BCUT2D eigenvalue weighted by molar-refractivity contribution is 6.08. The summed E-state index contributed by atoms with van der Waals surface area (Å²) in [4.78, 5) is 68.7. The molecule has 0 aliphatic carbocycles. The molecule has 3 aliphatic heterocycles. The molecular weight excluding hydrogens is 765 g/mol. The summed E-state index contributed by atoms with van der Waals surface area (Å²) in [6, 6.07) is 2.49. The Morgan fingerprint density at radius 3 is 2.37 bits per heavy atom. The molecule has 13 atom stereocenters. The van der Waals surface area contributed by atoms with Gasteiger partial charge in [0.05, 0.1) is 35.9 Å². The summed E-state index contributed by atoms with van der Waals surface area (Å²) in [5.74, 6) is -5.78. The lowest BCUT2D eigenvalue weighted by Gasteiger charge is -2.47. The summed E-state index contributed by atoms with van der Waals surface area (Å²) in [5, 5.41) is 11.4. The summed E-state index contributed by atoms with van der Waals surface area (Å²) >= 11 is 0. The van der Waals surface area contributed by atoms with Crippen molar-refractivity contribution in [1.82, 2.24) is 24.3 Å². The highest BCUT2D eigenvalue weighted by atomic mass is 19.1. The van der Waals surface area contributed by atoms with Crippen LogP contribution in [0.4, 0.5) is 9.18 Å². The number of alkyl halides is 1. The number of amides is 1. The summed E-state index contributed by atoms with van der Waals surface area (Å²) < 4.78 is 49.4. The molecule has 1 amide bonds. The van der Waals surface area contributed by atoms with Crippen LogP contribution in [0.3, 0.4) is 0 Å². The number of aliphatic hydroxyl groups excluding tert-OH is 1. The van der Waals surface area contributed by atoms with Crippen molar-refractivity contribution >= 4 is 23.6 Å². The number of methoxy groups -OCH3 is 1. The number of hydrogen-bond donors (Lipinski definition) is 1. The zero-order chi connectivity index (χ0) is 43.6. The van der Waals surface area contributed by atoms with Gasteiger partial charge < -0.3 is 43.2 Å². The van der Waals surface area contributed by atoms with E-state index in [4.69, 9.17) is 23.7 Å². The van der Waals surface area contributed by atoms with E-state index in [9.17, 15) is 24.3 Å². The highest BCUT2D eigenvalue weighted by Crippen LogP contribution is 2.43. The third-order valence-corrected chi connectivity index (χ3v) is 12.8. The minimum atomic E-state index is -3.18. The molecule has 5 rings (SSSR count). The summed E-state index contributed by atoms with van der Waals surface area (Å²) in [5.41, 5.74) is -4.53. The first-order valence-corrected chi connectivity index (χ1v) is 20.8. The van der Waals surface area contributed by atoms with E-state index in [1.165, 1.54) is 18.9 Å². The average Bonchev–Trinajstić information content (AvgIpc) is 3.78. The monoisotopic (exact) mass is 829 g/mol. The summed E-state index contributed by atoms with van der Waals surface area (Å²) in [6.45, 7) is 13.4. The number of hydrogen-bond acceptors (Lipinski definition) is 13. The first kappa shape index (κ1) is 46.2. The third-order valence-electron chi connectivity index (χ3n) is 12.8. The van der Waals surface area contributed by atoms with Crippen molar-refractivity contribution in [1.29, 1.82) is 0 Å². The van der Waals surface area contributed by atoms with Crippen LogP contribution in [0.2, 0.25) is 0 Å². The number of ketones is 2. The normalized spacial score (nSPS) is 37.6. The molecule has 2 aromatic heterocycles. The van der Waals surface area contributed by atoms with Crippen molar-refractivity contribution < 1.29 is 52.4 Å². The van der Waals surface area contributed by atoms with Crippen molar-refractivity contribution in [2.24, 2.45) is 17.8 Å². The molecule has 0 saturated carbocycles. The molecule has 0 radical (unpaired) electrons. The number of halogens is 1. The maximum atomic E-state index is 16.9. The summed E-state index contributed by atoms with van der Waals surface area (Å²) in [6.07, 6.45) is 2.93. The second-order valence-corrected chi connectivity index (χ2v) is 17.5. The molecule has 5 heterocycles. The average molecular weight is 830 g/mol. The molecule has 1 N–H and O–H groups in total. The van der Waals surface area contributed by atoms with E-state index in [0.717, 1.165) is 18.2 Å². The van der Waals surface area contributed by atoms with Crippen molar-refractivity contribution in [2.75, 3.05) is 27.7 Å². The quantitative estimate of drug-likeness (QED) is 0.182. The fourth-order valence-electron chi connectivity index (χ4n) is 9.43. The number of esters is 1. The molecule has 16 heteroatoms. The van der Waals surface area contributed by atoms with Gasteiger partial charge in [-0.1, -0.05) is 27.7 Å². The van der Waals surface area contributed by atoms with Crippen LogP contribution >= 0.6 is 0 Å². The number of ether oxygens (including phenoxy) is 5. The van der Waals surface area contributed by atoms with Crippen LogP contribution in [0.25, 0.3) is 11.3 Å². The second kappa shape index (κ2) is 18.4. The van der Waals surface area contributed by atoms with Gasteiger partial charge in [-0.3, -0.25) is 14.6 Å². The summed E-state index contributed by atoms with van der Waals surface area (Å²) in [7, 11) is 5.05. The third kappa shape index (κ3) is 9.41. The fourth-order valence-corrected chi connectivity index (χ4v) is 9.43. The van der Waals surface area contributed by atoms with Crippen LogP contribution in [0.1, 0.15) is 87.5 Å². The van der Waals surface area contributed by atoms with Gasteiger partial charge in [0.15, 0.2) is 17.7 Å². The molecule has 1 unspecified atom stereocenters. The van der Waals surface area contributed by atoms with Gasteiger partial charge in [-0.25, -0.2) is 19.0 Å². The predicted octanol–water partition coefficient (Wildman–Crippen LogP) is 5.02. The highest BCUT2D eigenvalue weighted by Gasteiger charge is 2.61. The maximum Gasteiger partial charge on any atom is 0.410 e. The van der Waals surface area contributed by atoms with Crippen molar-refractivity contribution in [3.63, 3.8) is 0 Å². The molecule has 0 bridgehead atoms. The number of imidazole rings is 1. The molecule has 0 spiro atoms. The van der Waals surface area contributed by atoms with Crippen LogP contribution in [0, 0.1) is 17.8 Å². The van der Waals surface area contributed by atoms with Gasteiger partial charge in [0.2, 0.25) is 0 Å². The Morgan fingerprint density at radius 2 is 1.75 bits per heavy atom. The van der Waals surface area contributed by atoms with E-state index < -0.39 is 83.1 Å². The Balaban J connectivity index is 1.46. The van der Waals surface area contributed by atoms with Gasteiger partial charge in [0, 0.05) is 68.1 Å². The van der Waals surface area contributed by atoms with Gasteiger partial charge in [0.1, 0.15) is 18.0 Å². The lowest BCUT2D eigenvalue weighted by molar-refractivity contribution is -0.295. The van der Waals surface area contributed by atoms with Crippen molar-refractivity contribution in [3.8, 4) is 11.3 Å².